The van der Waals surface area contributed by atoms with Gasteiger partial charge in [0.25, 0.3) is 0 Å². The fraction of sp³-hybridized carbons (Fsp3) is 0.462. The Hall–Kier alpha value is -1.25. The average Bonchev–Trinajstić information content (AvgIpc) is 2.92. The number of carboxylic acid groups (broad SMARTS) is 1. The summed E-state index contributed by atoms with van der Waals surface area (Å²) in [6, 6.07) is 4.94. The first-order valence-corrected chi connectivity index (χ1v) is 8.92. The van der Waals surface area contributed by atoms with Gasteiger partial charge in [-0.15, -0.1) is 11.8 Å². The maximum Gasteiger partial charge on any atom is 0.322 e. The molecule has 8 heteroatoms. The van der Waals surface area contributed by atoms with Crippen LogP contribution in [-0.2, 0) is 14.8 Å². The summed E-state index contributed by atoms with van der Waals surface area (Å²) < 4.78 is 31.6. The lowest BCUT2D eigenvalue weighted by Crippen LogP contribution is -2.45. The first kappa shape index (κ1) is 16.1. The predicted molar refractivity (Wildman–Crippen MR) is 80.0 cm³/mol. The minimum atomic E-state index is -3.84. The number of aliphatic carboxylic acids is 1. The van der Waals surface area contributed by atoms with E-state index in [0.717, 1.165) is 4.31 Å². The lowest BCUT2D eigenvalue weighted by molar-refractivity contribution is -0.140. The number of carboxylic acids is 1. The van der Waals surface area contributed by atoms with Gasteiger partial charge in [-0.05, 0) is 30.7 Å². The molecule has 2 rings (SSSR count). The van der Waals surface area contributed by atoms with E-state index in [0.29, 0.717) is 12.2 Å². The molecule has 0 aliphatic carbocycles. The van der Waals surface area contributed by atoms with Crippen LogP contribution >= 0.6 is 11.8 Å². The summed E-state index contributed by atoms with van der Waals surface area (Å²) in [5.41, 5.74) is 0. The third kappa shape index (κ3) is 3.02. The van der Waals surface area contributed by atoms with Gasteiger partial charge in [0.15, 0.2) is 0 Å². The maximum absolute atomic E-state index is 12.7. The summed E-state index contributed by atoms with van der Waals surface area (Å²) in [6.45, 7) is 1.85. The Morgan fingerprint density at radius 3 is 2.52 bits per heavy atom. The van der Waals surface area contributed by atoms with Crippen molar-refractivity contribution in [3.8, 4) is 5.75 Å². The number of hydrogen-bond acceptors (Lipinski definition) is 5. The molecule has 0 aromatic heterocycles. The van der Waals surface area contributed by atoms with Gasteiger partial charge in [0.1, 0.15) is 11.8 Å². The van der Waals surface area contributed by atoms with Crippen LogP contribution in [0.1, 0.15) is 13.3 Å². The fourth-order valence-corrected chi connectivity index (χ4v) is 5.76. The molecule has 1 aliphatic rings. The van der Waals surface area contributed by atoms with Crippen LogP contribution in [0.3, 0.4) is 0 Å². The monoisotopic (exact) mass is 331 g/mol. The Labute approximate surface area is 128 Å². The molecular weight excluding hydrogens is 314 g/mol. The quantitative estimate of drug-likeness (QED) is 0.883. The van der Waals surface area contributed by atoms with Crippen molar-refractivity contribution in [1.82, 2.24) is 4.31 Å². The summed E-state index contributed by atoms with van der Waals surface area (Å²) in [5.74, 6) is -0.300. The standard InChI is InChI=1S/C13H17NO5S2/c1-3-12-14(11(8-20-12)13(15)16)21(17,18)10-6-4-9(19-2)5-7-10/h4-7,11-12H,3,8H2,1-2H3,(H,15,16). The Bertz CT molecular complexity index is 614. The summed E-state index contributed by atoms with van der Waals surface area (Å²) in [5, 5.41) is 8.90. The minimum Gasteiger partial charge on any atom is -0.497 e. The van der Waals surface area contributed by atoms with Gasteiger partial charge in [0.2, 0.25) is 10.0 Å². The Balaban J connectivity index is 2.41. The highest BCUT2D eigenvalue weighted by molar-refractivity contribution is 8.01. The second kappa shape index (κ2) is 6.25. The topological polar surface area (TPSA) is 83.9 Å². The highest BCUT2D eigenvalue weighted by atomic mass is 32.2. The molecule has 21 heavy (non-hydrogen) atoms. The molecule has 116 valence electrons. The van der Waals surface area contributed by atoms with E-state index in [2.05, 4.69) is 0 Å². The van der Waals surface area contributed by atoms with E-state index in [9.17, 15) is 18.3 Å². The molecule has 2 unspecified atom stereocenters. The minimum absolute atomic E-state index is 0.0792. The molecule has 1 fully saturated rings. The molecule has 0 bridgehead atoms. The van der Waals surface area contributed by atoms with E-state index in [-0.39, 0.29) is 16.0 Å². The molecule has 1 aromatic rings. The second-order valence-corrected chi connectivity index (χ2v) is 7.61. The van der Waals surface area contributed by atoms with Gasteiger partial charge in [-0.25, -0.2) is 8.42 Å². The van der Waals surface area contributed by atoms with Crippen LogP contribution < -0.4 is 4.74 Å². The molecule has 1 aromatic carbocycles. The Morgan fingerprint density at radius 2 is 2.05 bits per heavy atom. The molecule has 1 aliphatic heterocycles. The van der Waals surface area contributed by atoms with Crippen LogP contribution in [0, 0.1) is 0 Å². The summed E-state index contributed by atoms with van der Waals surface area (Å²) in [4.78, 5) is 11.4. The summed E-state index contributed by atoms with van der Waals surface area (Å²) >= 11 is 1.36. The molecule has 0 amide bonds. The van der Waals surface area contributed by atoms with Crippen LogP contribution in [0.5, 0.6) is 5.75 Å². The van der Waals surface area contributed by atoms with E-state index >= 15 is 0 Å². The number of rotatable bonds is 5. The van der Waals surface area contributed by atoms with E-state index in [1.807, 2.05) is 6.92 Å². The third-order valence-corrected chi connectivity index (χ3v) is 6.83. The fourth-order valence-electron chi connectivity index (χ4n) is 2.22. The van der Waals surface area contributed by atoms with E-state index in [1.54, 1.807) is 12.1 Å². The van der Waals surface area contributed by atoms with Crippen LogP contribution in [0.25, 0.3) is 0 Å². The van der Waals surface area contributed by atoms with Crippen molar-refractivity contribution >= 4 is 27.8 Å². The number of methoxy groups -OCH3 is 1. The van der Waals surface area contributed by atoms with E-state index < -0.39 is 22.0 Å². The van der Waals surface area contributed by atoms with Crippen LogP contribution in [0.4, 0.5) is 0 Å². The van der Waals surface area contributed by atoms with Gasteiger partial charge in [-0.2, -0.15) is 4.31 Å². The summed E-state index contributed by atoms with van der Waals surface area (Å²) in [7, 11) is -2.35. The normalized spacial score (nSPS) is 23.1. The molecule has 6 nitrogen and oxygen atoms in total. The molecule has 1 N–H and O–H groups in total. The lowest BCUT2D eigenvalue weighted by Gasteiger charge is -2.25. The number of ether oxygens (including phenoxy) is 1. The average molecular weight is 331 g/mol. The number of hydrogen-bond donors (Lipinski definition) is 1. The number of thioether (sulfide) groups is 1. The van der Waals surface area contributed by atoms with Crippen LogP contribution in [0.15, 0.2) is 29.2 Å². The summed E-state index contributed by atoms with van der Waals surface area (Å²) in [6.07, 6.45) is 0.559. The molecular formula is C13H17NO5S2. The molecule has 2 atom stereocenters. The van der Waals surface area contributed by atoms with Gasteiger partial charge in [0, 0.05) is 5.75 Å². The van der Waals surface area contributed by atoms with Crippen molar-refractivity contribution in [2.75, 3.05) is 12.9 Å². The Morgan fingerprint density at radius 1 is 1.43 bits per heavy atom. The van der Waals surface area contributed by atoms with Crippen molar-refractivity contribution in [2.24, 2.45) is 0 Å². The van der Waals surface area contributed by atoms with Crippen molar-refractivity contribution in [3.05, 3.63) is 24.3 Å². The molecule has 0 saturated carbocycles. The van der Waals surface area contributed by atoms with Crippen molar-refractivity contribution in [2.45, 2.75) is 29.7 Å². The Kier molecular flexibility index (Phi) is 4.80. The first-order chi connectivity index (χ1) is 9.91. The van der Waals surface area contributed by atoms with E-state index in [1.165, 1.54) is 31.0 Å². The SMILES string of the molecule is CCC1SCC(C(=O)O)N1S(=O)(=O)c1ccc(OC)cc1. The van der Waals surface area contributed by atoms with Gasteiger partial charge in [-0.1, -0.05) is 6.92 Å². The predicted octanol–water partition coefficient (Wildman–Crippen LogP) is 1.62. The first-order valence-electron chi connectivity index (χ1n) is 6.43. The molecule has 0 radical (unpaired) electrons. The number of sulfonamides is 1. The number of carbonyl (C=O) groups is 1. The molecule has 1 heterocycles. The smallest absolute Gasteiger partial charge is 0.322 e. The zero-order valence-corrected chi connectivity index (χ0v) is 13.4. The number of nitrogens with zero attached hydrogens (tertiary/aromatic N) is 1. The zero-order valence-electron chi connectivity index (χ0n) is 11.7. The van der Waals surface area contributed by atoms with E-state index in [4.69, 9.17) is 4.74 Å². The second-order valence-electron chi connectivity index (χ2n) is 4.56. The molecule has 1 saturated heterocycles. The van der Waals surface area contributed by atoms with Crippen LogP contribution in [-0.4, -0.2) is 48.1 Å². The number of benzene rings is 1. The van der Waals surface area contributed by atoms with Gasteiger partial charge < -0.3 is 9.84 Å². The third-order valence-electron chi connectivity index (χ3n) is 3.31. The van der Waals surface area contributed by atoms with Gasteiger partial charge in [0.05, 0.1) is 17.4 Å². The highest BCUT2D eigenvalue weighted by Gasteiger charge is 2.45. The van der Waals surface area contributed by atoms with Gasteiger partial charge >= 0.3 is 5.97 Å². The van der Waals surface area contributed by atoms with Gasteiger partial charge in [-0.3, -0.25) is 4.79 Å². The maximum atomic E-state index is 12.7. The van der Waals surface area contributed by atoms with Crippen molar-refractivity contribution in [3.63, 3.8) is 0 Å². The highest BCUT2D eigenvalue weighted by Crippen LogP contribution is 2.36. The largest absolute Gasteiger partial charge is 0.497 e. The van der Waals surface area contributed by atoms with Crippen molar-refractivity contribution in [1.29, 1.82) is 0 Å². The van der Waals surface area contributed by atoms with Crippen LogP contribution in [0.2, 0.25) is 0 Å². The lowest BCUT2D eigenvalue weighted by atomic mass is 10.3. The zero-order chi connectivity index (χ0) is 15.6. The van der Waals surface area contributed by atoms with Crippen molar-refractivity contribution < 1.29 is 23.1 Å². The molecule has 0 spiro atoms.